The van der Waals surface area contributed by atoms with Gasteiger partial charge in [0.1, 0.15) is 5.54 Å². The molecule has 0 bridgehead atoms. The van der Waals surface area contributed by atoms with Gasteiger partial charge in [-0.15, -0.1) is 0 Å². The van der Waals surface area contributed by atoms with Crippen molar-refractivity contribution < 1.29 is 19.4 Å². The maximum Gasteiger partial charge on any atom is 0.326 e. The van der Waals surface area contributed by atoms with Crippen LogP contribution < -0.4 is 10.6 Å². The standard InChI is InChI=1S/C10H20N2O4/c1-5-11-8(13)7(2)12-10(3,6-16-4)9(14)15/h7,12H,5-6H2,1-4H3,(H,11,13)(H,14,15). The highest BCUT2D eigenvalue weighted by Gasteiger charge is 2.35. The second-order valence-corrected chi connectivity index (χ2v) is 3.83. The molecule has 0 rings (SSSR count). The zero-order valence-corrected chi connectivity index (χ0v) is 10.2. The molecule has 0 heterocycles. The summed E-state index contributed by atoms with van der Waals surface area (Å²) in [6.45, 7) is 5.40. The number of ether oxygens (including phenoxy) is 1. The molecule has 0 saturated carbocycles. The summed E-state index contributed by atoms with van der Waals surface area (Å²) in [4.78, 5) is 22.5. The first-order valence-electron chi connectivity index (χ1n) is 5.15. The molecule has 0 aromatic heterocycles. The van der Waals surface area contributed by atoms with E-state index in [1.54, 1.807) is 13.8 Å². The van der Waals surface area contributed by atoms with E-state index in [1.165, 1.54) is 14.0 Å². The van der Waals surface area contributed by atoms with Crippen LogP contribution >= 0.6 is 0 Å². The molecule has 0 radical (unpaired) electrons. The van der Waals surface area contributed by atoms with Gasteiger partial charge >= 0.3 is 5.97 Å². The zero-order valence-electron chi connectivity index (χ0n) is 10.2. The Morgan fingerprint density at radius 1 is 1.50 bits per heavy atom. The predicted molar refractivity (Wildman–Crippen MR) is 59.2 cm³/mol. The number of carboxylic acids is 1. The first-order chi connectivity index (χ1) is 7.37. The minimum absolute atomic E-state index is 0.00786. The van der Waals surface area contributed by atoms with Gasteiger partial charge in [0.25, 0.3) is 0 Å². The molecule has 0 aromatic rings. The van der Waals surface area contributed by atoms with E-state index in [2.05, 4.69) is 10.6 Å². The van der Waals surface area contributed by atoms with Gasteiger partial charge in [0.2, 0.25) is 5.91 Å². The smallest absolute Gasteiger partial charge is 0.326 e. The Kier molecular flexibility index (Phi) is 5.98. The van der Waals surface area contributed by atoms with Gasteiger partial charge in [-0.2, -0.15) is 0 Å². The van der Waals surface area contributed by atoms with Crippen molar-refractivity contribution in [3.8, 4) is 0 Å². The number of aliphatic carboxylic acids is 1. The molecule has 2 atom stereocenters. The van der Waals surface area contributed by atoms with Crippen molar-refractivity contribution in [3.63, 3.8) is 0 Å². The molecule has 0 aromatic carbocycles. The molecule has 16 heavy (non-hydrogen) atoms. The van der Waals surface area contributed by atoms with Crippen molar-refractivity contribution in [2.24, 2.45) is 0 Å². The van der Waals surface area contributed by atoms with E-state index in [9.17, 15) is 9.59 Å². The molecule has 3 N–H and O–H groups in total. The second kappa shape index (κ2) is 6.44. The van der Waals surface area contributed by atoms with Crippen LogP contribution in [0.4, 0.5) is 0 Å². The van der Waals surface area contributed by atoms with Crippen LogP contribution in [0.25, 0.3) is 0 Å². The van der Waals surface area contributed by atoms with Crippen molar-refractivity contribution in [2.45, 2.75) is 32.4 Å². The van der Waals surface area contributed by atoms with Gasteiger partial charge in [0.05, 0.1) is 12.6 Å². The van der Waals surface area contributed by atoms with Gasteiger partial charge < -0.3 is 15.2 Å². The minimum atomic E-state index is -1.26. The SMILES string of the molecule is CCNC(=O)C(C)NC(C)(COC)C(=O)O. The lowest BCUT2D eigenvalue weighted by Gasteiger charge is -2.28. The number of amides is 1. The highest BCUT2D eigenvalue weighted by atomic mass is 16.5. The highest BCUT2D eigenvalue weighted by molar-refractivity contribution is 5.84. The van der Waals surface area contributed by atoms with Crippen LogP contribution in [0.1, 0.15) is 20.8 Å². The number of hydrogen-bond acceptors (Lipinski definition) is 4. The molecule has 0 fully saturated rings. The van der Waals surface area contributed by atoms with E-state index in [-0.39, 0.29) is 12.5 Å². The number of rotatable bonds is 7. The average molecular weight is 232 g/mol. The summed E-state index contributed by atoms with van der Waals surface area (Å²) in [5, 5.41) is 14.4. The second-order valence-electron chi connectivity index (χ2n) is 3.83. The number of carbonyl (C=O) groups is 2. The zero-order chi connectivity index (χ0) is 12.8. The number of carboxylic acid groups (broad SMARTS) is 1. The van der Waals surface area contributed by atoms with Crippen LogP contribution in [0.15, 0.2) is 0 Å². The first kappa shape index (κ1) is 14.9. The van der Waals surface area contributed by atoms with Crippen LogP contribution in [-0.4, -0.2) is 48.8 Å². The molecule has 0 aliphatic rings. The molecule has 0 aliphatic carbocycles. The maximum absolute atomic E-state index is 11.4. The summed E-state index contributed by atoms with van der Waals surface area (Å²) in [5.41, 5.74) is -1.26. The lowest BCUT2D eigenvalue weighted by Crippen LogP contribution is -2.59. The molecule has 0 aliphatic heterocycles. The summed E-state index contributed by atoms with van der Waals surface area (Å²) < 4.78 is 4.83. The third kappa shape index (κ3) is 4.16. The quantitative estimate of drug-likeness (QED) is 0.555. The molecule has 2 unspecified atom stereocenters. The van der Waals surface area contributed by atoms with Crippen LogP contribution in [-0.2, 0) is 14.3 Å². The van der Waals surface area contributed by atoms with Crippen LogP contribution in [0.2, 0.25) is 0 Å². The fourth-order valence-corrected chi connectivity index (χ4v) is 1.32. The normalized spacial score (nSPS) is 16.2. The van der Waals surface area contributed by atoms with Gasteiger partial charge in [-0.05, 0) is 20.8 Å². The van der Waals surface area contributed by atoms with E-state index >= 15 is 0 Å². The molecule has 0 spiro atoms. The number of hydrogen-bond donors (Lipinski definition) is 3. The summed E-state index contributed by atoms with van der Waals surface area (Å²) in [5.74, 6) is -1.28. The maximum atomic E-state index is 11.4. The Morgan fingerprint density at radius 3 is 2.44 bits per heavy atom. The van der Waals surface area contributed by atoms with Gasteiger partial charge in [-0.3, -0.25) is 14.9 Å². The first-order valence-corrected chi connectivity index (χ1v) is 5.15. The van der Waals surface area contributed by atoms with E-state index in [0.29, 0.717) is 6.54 Å². The number of nitrogens with one attached hydrogen (secondary N) is 2. The largest absolute Gasteiger partial charge is 0.480 e. The highest BCUT2D eigenvalue weighted by Crippen LogP contribution is 2.06. The van der Waals surface area contributed by atoms with Gasteiger partial charge in [0, 0.05) is 13.7 Å². The van der Waals surface area contributed by atoms with E-state index in [4.69, 9.17) is 9.84 Å². The van der Waals surface area contributed by atoms with Gasteiger partial charge in [-0.25, -0.2) is 0 Å². The topological polar surface area (TPSA) is 87.7 Å². The lowest BCUT2D eigenvalue weighted by atomic mass is 10.0. The van der Waals surface area contributed by atoms with Crippen LogP contribution in [0.3, 0.4) is 0 Å². The molecule has 6 heteroatoms. The summed E-state index contributed by atoms with van der Waals surface area (Å²) in [6.07, 6.45) is 0. The third-order valence-corrected chi connectivity index (χ3v) is 2.18. The van der Waals surface area contributed by atoms with E-state index < -0.39 is 17.6 Å². The van der Waals surface area contributed by atoms with E-state index in [0.717, 1.165) is 0 Å². The molecule has 6 nitrogen and oxygen atoms in total. The Hall–Kier alpha value is -1.14. The number of carbonyl (C=O) groups excluding carboxylic acids is 1. The lowest BCUT2D eigenvalue weighted by molar-refractivity contribution is -0.147. The van der Waals surface area contributed by atoms with Crippen molar-refractivity contribution in [2.75, 3.05) is 20.3 Å². The summed E-state index contributed by atoms with van der Waals surface area (Å²) in [6, 6.07) is -0.587. The fraction of sp³-hybridized carbons (Fsp3) is 0.800. The molecule has 0 saturated heterocycles. The van der Waals surface area contributed by atoms with Crippen molar-refractivity contribution in [1.82, 2.24) is 10.6 Å². The number of methoxy groups -OCH3 is 1. The van der Waals surface area contributed by atoms with Crippen molar-refractivity contribution >= 4 is 11.9 Å². The predicted octanol–water partition coefficient (Wildman–Crippen LogP) is -0.410. The number of likely N-dealkylation sites (N-methyl/N-ethyl adjacent to an activating group) is 1. The molecule has 94 valence electrons. The van der Waals surface area contributed by atoms with Crippen LogP contribution in [0.5, 0.6) is 0 Å². The average Bonchev–Trinajstić information content (AvgIpc) is 2.18. The molecular formula is C10H20N2O4. The van der Waals surface area contributed by atoms with Crippen molar-refractivity contribution in [1.29, 1.82) is 0 Å². The summed E-state index contributed by atoms with van der Waals surface area (Å²) >= 11 is 0. The Morgan fingerprint density at radius 2 is 2.06 bits per heavy atom. The van der Waals surface area contributed by atoms with Crippen LogP contribution in [0, 0.1) is 0 Å². The monoisotopic (exact) mass is 232 g/mol. The van der Waals surface area contributed by atoms with Gasteiger partial charge in [-0.1, -0.05) is 0 Å². The van der Waals surface area contributed by atoms with E-state index in [1.807, 2.05) is 0 Å². The Balaban J connectivity index is 4.51. The van der Waals surface area contributed by atoms with Crippen molar-refractivity contribution in [3.05, 3.63) is 0 Å². The summed E-state index contributed by atoms with van der Waals surface area (Å²) in [7, 11) is 1.42. The Labute approximate surface area is 95.4 Å². The molecule has 1 amide bonds. The Bertz CT molecular complexity index is 257. The van der Waals surface area contributed by atoms with Gasteiger partial charge in [0.15, 0.2) is 0 Å². The third-order valence-electron chi connectivity index (χ3n) is 2.18. The molecular weight excluding hydrogens is 212 g/mol. The minimum Gasteiger partial charge on any atom is -0.480 e. The fourth-order valence-electron chi connectivity index (χ4n) is 1.32.